The highest BCUT2D eigenvalue weighted by atomic mass is 16.5. The number of carbonyl (C=O) groups is 2. The molecule has 3 aromatic carbocycles. The molecule has 4 rings (SSSR count). The number of hydrogen-bond acceptors (Lipinski definition) is 7. The van der Waals surface area contributed by atoms with Crippen LogP contribution in [0.5, 0.6) is 11.5 Å². The van der Waals surface area contributed by atoms with E-state index in [1.807, 2.05) is 30.3 Å². The van der Waals surface area contributed by atoms with Crippen molar-refractivity contribution in [2.75, 3.05) is 14.2 Å². The number of nitrogens with zero attached hydrogens (tertiary/aromatic N) is 1. The zero-order valence-corrected chi connectivity index (χ0v) is 18.6. The Kier molecular flexibility index (Phi) is 6.88. The molecule has 0 saturated carbocycles. The summed E-state index contributed by atoms with van der Waals surface area (Å²) in [5, 5.41) is 4.77. The maximum atomic E-state index is 12.4. The normalized spacial score (nSPS) is 10.9. The molecule has 0 saturated heterocycles. The lowest BCUT2D eigenvalue weighted by atomic mass is 10.1. The van der Waals surface area contributed by atoms with Crippen LogP contribution < -0.4 is 14.9 Å². The molecule has 0 spiro atoms. The van der Waals surface area contributed by atoms with Gasteiger partial charge in [-0.3, -0.25) is 4.79 Å². The number of para-hydroxylation sites is 1. The van der Waals surface area contributed by atoms with Gasteiger partial charge in [-0.2, -0.15) is 5.10 Å². The minimum atomic E-state index is -0.475. The van der Waals surface area contributed by atoms with Gasteiger partial charge in [0.05, 0.1) is 26.0 Å². The van der Waals surface area contributed by atoms with Gasteiger partial charge in [-0.05, 0) is 47.5 Å². The summed E-state index contributed by atoms with van der Waals surface area (Å²) in [6.45, 7) is 0.328. The van der Waals surface area contributed by atoms with Gasteiger partial charge in [0.15, 0.2) is 17.1 Å². The highest BCUT2D eigenvalue weighted by Gasteiger charge is 2.14. The number of hydrogen-bond donors (Lipinski definition) is 1. The lowest BCUT2D eigenvalue weighted by Crippen LogP contribution is -2.16. The van der Waals surface area contributed by atoms with Crippen molar-refractivity contribution in [2.45, 2.75) is 6.61 Å². The van der Waals surface area contributed by atoms with E-state index in [4.69, 9.17) is 18.6 Å². The molecular weight excluding hydrogens is 436 g/mol. The minimum absolute atomic E-state index is 0.131. The third-order valence-corrected chi connectivity index (χ3v) is 4.97. The number of hydrazone groups is 1. The fourth-order valence-corrected chi connectivity index (χ4v) is 3.24. The number of fused-ring (bicyclic) bond motifs is 1. The number of amides is 1. The van der Waals surface area contributed by atoms with Gasteiger partial charge in [0.2, 0.25) is 0 Å². The van der Waals surface area contributed by atoms with Crippen LogP contribution in [-0.4, -0.2) is 32.3 Å². The quantitative estimate of drug-likeness (QED) is 0.236. The Bertz CT molecular complexity index is 1340. The average molecular weight is 458 g/mol. The van der Waals surface area contributed by atoms with Crippen LogP contribution in [0.2, 0.25) is 0 Å². The number of benzene rings is 3. The molecule has 0 atom stereocenters. The molecule has 0 bridgehead atoms. The maximum Gasteiger partial charge on any atom is 0.337 e. The van der Waals surface area contributed by atoms with Crippen LogP contribution in [-0.2, 0) is 11.3 Å². The van der Waals surface area contributed by atoms with E-state index >= 15 is 0 Å². The van der Waals surface area contributed by atoms with E-state index in [-0.39, 0.29) is 11.7 Å². The van der Waals surface area contributed by atoms with Crippen molar-refractivity contribution in [1.29, 1.82) is 0 Å². The zero-order valence-electron chi connectivity index (χ0n) is 18.6. The molecule has 172 valence electrons. The lowest BCUT2D eigenvalue weighted by Gasteiger charge is -2.07. The summed E-state index contributed by atoms with van der Waals surface area (Å²) in [6, 6.07) is 21.3. The van der Waals surface area contributed by atoms with Crippen molar-refractivity contribution in [3.63, 3.8) is 0 Å². The first-order valence-electron chi connectivity index (χ1n) is 10.4. The van der Waals surface area contributed by atoms with E-state index in [1.165, 1.54) is 13.3 Å². The first kappa shape index (κ1) is 22.6. The first-order valence-corrected chi connectivity index (χ1v) is 10.4. The third kappa shape index (κ3) is 5.24. The molecule has 0 aliphatic carbocycles. The Morgan fingerprint density at radius 1 is 1.00 bits per heavy atom. The summed E-state index contributed by atoms with van der Waals surface area (Å²) < 4.78 is 21.4. The number of ether oxygens (including phenoxy) is 3. The highest BCUT2D eigenvalue weighted by molar-refractivity contribution is 5.97. The smallest absolute Gasteiger partial charge is 0.337 e. The topological polar surface area (TPSA) is 99.4 Å². The van der Waals surface area contributed by atoms with Gasteiger partial charge in [0, 0.05) is 5.39 Å². The van der Waals surface area contributed by atoms with Crippen LogP contribution in [0.25, 0.3) is 11.0 Å². The van der Waals surface area contributed by atoms with E-state index < -0.39 is 5.91 Å². The van der Waals surface area contributed by atoms with Gasteiger partial charge in [-0.15, -0.1) is 0 Å². The Balaban J connectivity index is 1.35. The van der Waals surface area contributed by atoms with Crippen molar-refractivity contribution in [1.82, 2.24) is 5.43 Å². The highest BCUT2D eigenvalue weighted by Crippen LogP contribution is 2.28. The van der Waals surface area contributed by atoms with Gasteiger partial charge in [0.25, 0.3) is 0 Å². The third-order valence-electron chi connectivity index (χ3n) is 4.97. The van der Waals surface area contributed by atoms with E-state index in [0.717, 1.165) is 16.5 Å². The summed E-state index contributed by atoms with van der Waals surface area (Å²) in [5.41, 5.74) is 5.09. The van der Waals surface area contributed by atoms with Crippen LogP contribution >= 0.6 is 0 Å². The maximum absolute atomic E-state index is 12.4. The fourth-order valence-electron chi connectivity index (χ4n) is 3.24. The predicted octanol–water partition coefficient (Wildman–Crippen LogP) is 4.57. The van der Waals surface area contributed by atoms with E-state index in [0.29, 0.717) is 29.3 Å². The monoisotopic (exact) mass is 458 g/mol. The number of rotatable bonds is 8. The van der Waals surface area contributed by atoms with Crippen molar-refractivity contribution in [2.24, 2.45) is 5.10 Å². The molecule has 1 N–H and O–H groups in total. The Morgan fingerprint density at radius 3 is 2.56 bits per heavy atom. The second-order valence-electron chi connectivity index (χ2n) is 7.24. The first-order chi connectivity index (χ1) is 16.6. The van der Waals surface area contributed by atoms with Crippen LogP contribution in [0.4, 0.5) is 0 Å². The summed E-state index contributed by atoms with van der Waals surface area (Å²) in [7, 11) is 2.89. The number of nitrogens with one attached hydrogen (secondary N) is 1. The molecule has 4 aromatic rings. The molecule has 1 aromatic heterocycles. The van der Waals surface area contributed by atoms with E-state index in [9.17, 15) is 9.59 Å². The molecule has 0 fully saturated rings. The molecule has 0 radical (unpaired) electrons. The Hall–Kier alpha value is -4.59. The van der Waals surface area contributed by atoms with Gasteiger partial charge < -0.3 is 18.6 Å². The second kappa shape index (κ2) is 10.4. The summed E-state index contributed by atoms with van der Waals surface area (Å²) >= 11 is 0. The Labute approximate surface area is 195 Å². The van der Waals surface area contributed by atoms with Crippen molar-refractivity contribution < 1.29 is 28.2 Å². The number of esters is 1. The SMILES string of the molecule is COC(=O)c1ccc(COc2cccc(C=NNC(=O)c3cc4cccc(OC)c4o3)c2)cc1. The van der Waals surface area contributed by atoms with Crippen LogP contribution in [0, 0.1) is 0 Å². The van der Waals surface area contributed by atoms with Gasteiger partial charge in [-0.25, -0.2) is 10.2 Å². The molecule has 0 unspecified atom stereocenters. The summed E-state index contributed by atoms with van der Waals surface area (Å²) in [4.78, 5) is 23.9. The second-order valence-corrected chi connectivity index (χ2v) is 7.24. The van der Waals surface area contributed by atoms with Crippen LogP contribution in [0.15, 0.2) is 82.3 Å². The van der Waals surface area contributed by atoms with Crippen molar-refractivity contribution >= 4 is 29.1 Å². The largest absolute Gasteiger partial charge is 0.493 e. The van der Waals surface area contributed by atoms with Crippen LogP contribution in [0.3, 0.4) is 0 Å². The molecule has 34 heavy (non-hydrogen) atoms. The van der Waals surface area contributed by atoms with Gasteiger partial charge in [-0.1, -0.05) is 36.4 Å². The van der Waals surface area contributed by atoms with Crippen molar-refractivity contribution in [3.05, 3.63) is 95.2 Å². The fraction of sp³-hybridized carbons (Fsp3) is 0.115. The molecule has 8 heteroatoms. The molecule has 8 nitrogen and oxygen atoms in total. The molecule has 0 aliphatic rings. The Morgan fingerprint density at radius 2 is 1.79 bits per heavy atom. The average Bonchev–Trinajstić information content (AvgIpc) is 3.32. The number of methoxy groups -OCH3 is 2. The molecule has 1 amide bonds. The molecule has 1 heterocycles. The number of furan rings is 1. The number of carbonyl (C=O) groups excluding carboxylic acids is 2. The summed E-state index contributed by atoms with van der Waals surface area (Å²) in [5.74, 6) is 0.462. The zero-order chi connectivity index (χ0) is 23.9. The van der Waals surface area contributed by atoms with Gasteiger partial charge >= 0.3 is 11.9 Å². The van der Waals surface area contributed by atoms with Crippen LogP contribution in [0.1, 0.15) is 32.0 Å². The molecule has 0 aliphatic heterocycles. The standard InChI is InChI=1S/C26H22N2O6/c1-31-22-8-4-6-20-14-23(34-24(20)22)25(29)28-27-15-18-5-3-7-21(13-18)33-16-17-9-11-19(12-10-17)26(30)32-2/h3-15H,16H2,1-2H3,(H,28,29). The molecular formula is C26H22N2O6. The van der Waals surface area contributed by atoms with E-state index in [1.54, 1.807) is 49.6 Å². The van der Waals surface area contributed by atoms with Crippen molar-refractivity contribution in [3.8, 4) is 11.5 Å². The van der Waals surface area contributed by atoms with Gasteiger partial charge in [0.1, 0.15) is 12.4 Å². The van der Waals surface area contributed by atoms with E-state index in [2.05, 4.69) is 10.5 Å². The lowest BCUT2D eigenvalue weighted by molar-refractivity contribution is 0.0600. The summed E-state index contributed by atoms with van der Waals surface area (Å²) in [6.07, 6.45) is 1.51. The minimum Gasteiger partial charge on any atom is -0.493 e. The predicted molar refractivity (Wildman–Crippen MR) is 126 cm³/mol.